The third-order valence-corrected chi connectivity index (χ3v) is 5.06. The number of methoxy groups -OCH3 is 1. The Labute approximate surface area is 109 Å². The molecule has 0 saturated carbocycles. The van der Waals surface area contributed by atoms with Crippen LogP contribution in [0.4, 0.5) is 0 Å². The van der Waals surface area contributed by atoms with E-state index in [0.29, 0.717) is 4.47 Å². The van der Waals surface area contributed by atoms with Crippen molar-refractivity contribution in [2.24, 2.45) is 0 Å². The van der Waals surface area contributed by atoms with E-state index in [2.05, 4.69) is 4.74 Å². The van der Waals surface area contributed by atoms with Crippen LogP contribution in [0.3, 0.4) is 0 Å². The molecular weight excluding hydrogens is 311 g/mol. The van der Waals surface area contributed by atoms with Gasteiger partial charge in [-0.05, 0) is 0 Å². The molecule has 90 valence electrons. The Morgan fingerprint density at radius 3 is 2.88 bits per heavy atom. The number of cyclic esters (lactones) is 1. The first-order valence-corrected chi connectivity index (χ1v) is 6.81. The van der Waals surface area contributed by atoms with Gasteiger partial charge < -0.3 is 0 Å². The van der Waals surface area contributed by atoms with Crippen LogP contribution in [0, 0.1) is 0 Å². The Balaban J connectivity index is 2.23. The number of aliphatic hydroxyl groups excluding tert-OH is 1. The summed E-state index contributed by atoms with van der Waals surface area (Å²) in [5.74, 6) is 0.0553. The van der Waals surface area contributed by atoms with Crippen molar-refractivity contribution in [2.75, 3.05) is 7.11 Å². The van der Waals surface area contributed by atoms with Gasteiger partial charge in [-0.2, -0.15) is 0 Å². The molecule has 0 aliphatic carbocycles. The molecule has 0 fully saturated rings. The van der Waals surface area contributed by atoms with E-state index >= 15 is 0 Å². The van der Waals surface area contributed by atoms with Crippen LogP contribution in [0.25, 0.3) is 0 Å². The number of carbonyl (C=O) groups excluding carboxylic acids is 1. The van der Waals surface area contributed by atoms with Gasteiger partial charge in [-0.3, -0.25) is 0 Å². The fraction of sp³-hybridized carbons (Fsp3) is 0.182. The van der Waals surface area contributed by atoms with E-state index in [1.165, 1.54) is 0 Å². The van der Waals surface area contributed by atoms with Crippen LogP contribution >= 0.6 is 11.6 Å². The summed E-state index contributed by atoms with van der Waals surface area (Å²) in [6.07, 6.45) is -1.22. The van der Waals surface area contributed by atoms with Gasteiger partial charge in [0, 0.05) is 0 Å². The van der Waals surface area contributed by atoms with Gasteiger partial charge in [0.15, 0.2) is 0 Å². The van der Waals surface area contributed by atoms with Gasteiger partial charge in [0.05, 0.1) is 0 Å². The monoisotopic (exact) mass is 320 g/mol. The van der Waals surface area contributed by atoms with E-state index in [1.807, 2.05) is 24.3 Å². The second kappa shape index (κ2) is 5.10. The third-order valence-electron chi connectivity index (χ3n) is 2.11. The van der Waals surface area contributed by atoms with E-state index in [0.717, 1.165) is 10.2 Å². The molecule has 1 unspecified atom stereocenters. The third kappa shape index (κ3) is 2.64. The molecule has 0 spiro atoms. The first kappa shape index (κ1) is 12.5. The first-order valence-electron chi connectivity index (χ1n) is 4.72. The normalized spacial score (nSPS) is 19.5. The average molecular weight is 320 g/mol. The molecule has 17 heavy (non-hydrogen) atoms. The van der Waals surface area contributed by atoms with Crippen LogP contribution < -0.4 is 9.20 Å². The quantitative estimate of drug-likeness (QED) is 0.645. The van der Waals surface area contributed by atoms with Gasteiger partial charge in [-0.1, -0.05) is 0 Å². The summed E-state index contributed by atoms with van der Waals surface area (Å²) in [7, 11) is 1.58. The van der Waals surface area contributed by atoms with Crippen molar-refractivity contribution in [2.45, 2.75) is 6.29 Å². The standard InChI is InChI=1S/C11H9ClO4Se/c1-15-6-3-2-4-7(5-6)17-9-8(12)10(13)16-11(9)14/h2-5,11,14H,1H3. The van der Waals surface area contributed by atoms with Crippen molar-refractivity contribution in [3.8, 4) is 5.75 Å². The minimum absolute atomic E-state index is 0.0136. The summed E-state index contributed by atoms with van der Waals surface area (Å²) >= 11 is 5.51. The van der Waals surface area contributed by atoms with Crippen molar-refractivity contribution in [3.05, 3.63) is 33.8 Å². The molecule has 6 heteroatoms. The number of halogens is 1. The molecule has 1 aliphatic heterocycles. The Hall–Kier alpha value is -1.00. The van der Waals surface area contributed by atoms with E-state index in [9.17, 15) is 9.90 Å². The van der Waals surface area contributed by atoms with Gasteiger partial charge in [0.25, 0.3) is 0 Å². The predicted molar refractivity (Wildman–Crippen MR) is 63.4 cm³/mol. The maximum absolute atomic E-state index is 11.1. The van der Waals surface area contributed by atoms with Gasteiger partial charge >= 0.3 is 109 Å². The number of rotatable bonds is 3. The molecule has 1 N–H and O–H groups in total. The van der Waals surface area contributed by atoms with E-state index in [-0.39, 0.29) is 20.0 Å². The number of hydrogen-bond donors (Lipinski definition) is 1. The zero-order valence-electron chi connectivity index (χ0n) is 8.84. The molecule has 1 heterocycles. The van der Waals surface area contributed by atoms with E-state index in [1.54, 1.807) is 7.11 Å². The number of hydrogen-bond acceptors (Lipinski definition) is 4. The number of carbonyl (C=O) groups is 1. The summed E-state index contributed by atoms with van der Waals surface area (Å²) in [6, 6.07) is 7.39. The SMILES string of the molecule is COc1cccc([Se]C2=C(Cl)C(=O)OC2O)c1. The Morgan fingerprint density at radius 2 is 2.29 bits per heavy atom. The van der Waals surface area contributed by atoms with Crippen LogP contribution in [-0.2, 0) is 9.53 Å². The van der Waals surface area contributed by atoms with E-state index in [4.69, 9.17) is 16.3 Å². The molecule has 0 bridgehead atoms. The van der Waals surface area contributed by atoms with Crippen molar-refractivity contribution in [3.63, 3.8) is 0 Å². The second-order valence-electron chi connectivity index (χ2n) is 3.22. The number of aliphatic hydroxyl groups is 1. The molecule has 0 amide bonds. The van der Waals surface area contributed by atoms with Crippen molar-refractivity contribution in [1.82, 2.24) is 0 Å². The molecule has 1 aliphatic rings. The summed E-state index contributed by atoms with van der Waals surface area (Å²) < 4.78 is 11.1. The van der Waals surface area contributed by atoms with E-state index < -0.39 is 12.3 Å². The predicted octanol–water partition coefficient (Wildman–Crippen LogP) is 0.350. The van der Waals surface area contributed by atoms with Crippen LogP contribution in [0.15, 0.2) is 33.8 Å². The fourth-order valence-electron chi connectivity index (χ4n) is 1.30. The Bertz CT molecular complexity index is 486. The molecule has 0 aromatic heterocycles. The van der Waals surface area contributed by atoms with Gasteiger partial charge in [0.2, 0.25) is 0 Å². The van der Waals surface area contributed by atoms with Crippen molar-refractivity contribution >= 4 is 37.0 Å². The molecule has 2 rings (SSSR count). The van der Waals surface area contributed by atoms with Crippen LogP contribution in [-0.4, -0.2) is 39.4 Å². The fourth-order valence-corrected chi connectivity index (χ4v) is 3.52. The second-order valence-corrected chi connectivity index (χ2v) is 5.94. The summed E-state index contributed by atoms with van der Waals surface area (Å²) in [5.41, 5.74) is 0. The maximum atomic E-state index is 11.1. The molecular formula is C11H9ClO4Se. The molecule has 0 radical (unpaired) electrons. The van der Waals surface area contributed by atoms with Crippen LogP contribution in [0.1, 0.15) is 0 Å². The average Bonchev–Trinajstić information content (AvgIpc) is 2.56. The molecule has 1 atom stereocenters. The molecule has 0 saturated heterocycles. The van der Waals surface area contributed by atoms with Crippen LogP contribution in [0.5, 0.6) is 5.75 Å². The topological polar surface area (TPSA) is 55.8 Å². The summed E-state index contributed by atoms with van der Waals surface area (Å²) in [6.45, 7) is 0. The summed E-state index contributed by atoms with van der Waals surface area (Å²) in [4.78, 5) is 11.1. The van der Waals surface area contributed by atoms with Gasteiger partial charge in [-0.15, -0.1) is 0 Å². The van der Waals surface area contributed by atoms with Crippen LogP contribution in [0.2, 0.25) is 0 Å². The number of benzene rings is 1. The van der Waals surface area contributed by atoms with Gasteiger partial charge in [0.1, 0.15) is 0 Å². The first-order chi connectivity index (χ1) is 8.11. The molecule has 1 aromatic carbocycles. The van der Waals surface area contributed by atoms with Crippen molar-refractivity contribution < 1.29 is 19.4 Å². The molecule has 4 nitrogen and oxygen atoms in total. The summed E-state index contributed by atoms with van der Waals surface area (Å²) in [5, 5.41) is 9.50. The number of ether oxygens (including phenoxy) is 2. The van der Waals surface area contributed by atoms with Crippen molar-refractivity contribution in [1.29, 1.82) is 0 Å². The number of esters is 1. The zero-order chi connectivity index (χ0) is 12.4. The molecule has 1 aromatic rings. The minimum atomic E-state index is -1.22. The Kier molecular flexibility index (Phi) is 3.74. The van der Waals surface area contributed by atoms with Gasteiger partial charge in [-0.25, -0.2) is 0 Å². The Morgan fingerprint density at radius 1 is 1.53 bits per heavy atom. The zero-order valence-corrected chi connectivity index (χ0v) is 11.3.